The zero-order chi connectivity index (χ0) is 15.3. The van der Waals surface area contributed by atoms with E-state index in [9.17, 15) is 13.5 Å². The molecule has 1 aromatic carbocycles. The number of quaternary nitrogens is 1. The highest BCUT2D eigenvalue weighted by Gasteiger charge is 2.30. The van der Waals surface area contributed by atoms with E-state index < -0.39 is 15.9 Å². The highest BCUT2D eigenvalue weighted by Crippen LogP contribution is 2.15. The monoisotopic (exact) mass is 334 g/mol. The van der Waals surface area contributed by atoms with E-state index in [0.717, 1.165) is 5.56 Å². The molecule has 1 heterocycles. The van der Waals surface area contributed by atoms with Crippen molar-refractivity contribution in [3.8, 4) is 0 Å². The normalized spacial score (nSPS) is 22.3. The predicted octanol–water partition coefficient (Wildman–Crippen LogP) is -0.0320. The van der Waals surface area contributed by atoms with Crippen LogP contribution in [0.15, 0.2) is 24.3 Å². The van der Waals surface area contributed by atoms with E-state index in [1.54, 1.807) is 6.07 Å². The average molecular weight is 335 g/mol. The zero-order valence-corrected chi connectivity index (χ0v) is 13.3. The van der Waals surface area contributed by atoms with E-state index in [1.807, 2.05) is 23.5 Å². The van der Waals surface area contributed by atoms with Gasteiger partial charge in [-0.25, -0.2) is 8.42 Å². The molecular formula is C14H21ClNO4S+. The molecule has 0 radical (unpaired) electrons. The Balaban J connectivity index is 1.64. The molecule has 0 spiro atoms. The maximum atomic E-state index is 11.3. The van der Waals surface area contributed by atoms with Gasteiger partial charge in [-0.2, -0.15) is 0 Å². The van der Waals surface area contributed by atoms with Gasteiger partial charge in [0.05, 0.1) is 19.0 Å². The fourth-order valence-electron chi connectivity index (χ4n) is 2.35. The molecule has 1 saturated heterocycles. The molecule has 1 aromatic rings. The second-order valence-corrected chi connectivity index (χ2v) is 8.03. The van der Waals surface area contributed by atoms with Crippen molar-refractivity contribution in [2.45, 2.75) is 25.2 Å². The van der Waals surface area contributed by atoms with Crippen LogP contribution in [-0.2, 0) is 21.2 Å². The van der Waals surface area contributed by atoms with E-state index >= 15 is 0 Å². The van der Waals surface area contributed by atoms with Crippen LogP contribution in [0.4, 0.5) is 0 Å². The number of benzene rings is 1. The second-order valence-electron chi connectivity index (χ2n) is 5.39. The van der Waals surface area contributed by atoms with Gasteiger partial charge in [0, 0.05) is 11.4 Å². The third-order valence-electron chi connectivity index (χ3n) is 3.53. The third-order valence-corrected chi connectivity index (χ3v) is 5.70. The molecule has 3 N–H and O–H groups in total. The van der Waals surface area contributed by atoms with Crippen LogP contribution in [0, 0.1) is 0 Å². The Morgan fingerprint density at radius 1 is 1.43 bits per heavy atom. The summed E-state index contributed by atoms with van der Waals surface area (Å²) in [5.74, 6) is 0.466. The van der Waals surface area contributed by atoms with Crippen molar-refractivity contribution < 1.29 is 23.6 Å². The van der Waals surface area contributed by atoms with Gasteiger partial charge >= 0.3 is 0 Å². The lowest BCUT2D eigenvalue weighted by molar-refractivity contribution is -0.690. The van der Waals surface area contributed by atoms with Crippen LogP contribution in [0.3, 0.4) is 0 Å². The maximum Gasteiger partial charge on any atom is 0.156 e. The molecule has 7 heteroatoms. The molecule has 118 valence electrons. The first-order chi connectivity index (χ1) is 9.96. The lowest BCUT2D eigenvalue weighted by atomic mass is 10.2. The zero-order valence-electron chi connectivity index (χ0n) is 11.7. The van der Waals surface area contributed by atoms with E-state index in [2.05, 4.69) is 0 Å². The Kier molecular flexibility index (Phi) is 6.01. The fraction of sp³-hybridized carbons (Fsp3) is 0.571. The highest BCUT2D eigenvalue weighted by atomic mass is 35.5. The number of aliphatic hydroxyl groups excluding tert-OH is 1. The van der Waals surface area contributed by atoms with Gasteiger partial charge in [0.25, 0.3) is 0 Å². The molecule has 0 aliphatic carbocycles. The van der Waals surface area contributed by atoms with Crippen LogP contribution in [-0.4, -0.2) is 50.3 Å². The van der Waals surface area contributed by atoms with Crippen molar-refractivity contribution in [3.05, 3.63) is 34.9 Å². The van der Waals surface area contributed by atoms with Gasteiger partial charge in [-0.15, -0.1) is 0 Å². The molecule has 5 nitrogen and oxygen atoms in total. The minimum absolute atomic E-state index is 0.0632. The summed E-state index contributed by atoms with van der Waals surface area (Å²) < 4.78 is 28.1. The predicted molar refractivity (Wildman–Crippen MR) is 81.0 cm³/mol. The topological polar surface area (TPSA) is 80.2 Å². The Bertz CT molecular complexity index is 564. The van der Waals surface area contributed by atoms with Crippen LogP contribution in [0.5, 0.6) is 0 Å². The first kappa shape index (κ1) is 16.7. The van der Waals surface area contributed by atoms with Gasteiger partial charge in [0.15, 0.2) is 9.84 Å². The number of sulfone groups is 1. The smallest absolute Gasteiger partial charge is 0.156 e. The Morgan fingerprint density at radius 3 is 2.86 bits per heavy atom. The van der Waals surface area contributed by atoms with Crippen molar-refractivity contribution in [1.82, 2.24) is 0 Å². The number of nitrogens with two attached hydrogens (primary N) is 1. The van der Waals surface area contributed by atoms with Crippen molar-refractivity contribution in [2.24, 2.45) is 0 Å². The molecule has 1 aliphatic rings. The van der Waals surface area contributed by atoms with Gasteiger partial charge in [-0.3, -0.25) is 0 Å². The minimum atomic E-state index is -2.86. The largest absolute Gasteiger partial charge is 0.385 e. The van der Waals surface area contributed by atoms with Gasteiger partial charge < -0.3 is 15.2 Å². The average Bonchev–Trinajstić information content (AvgIpc) is 2.78. The number of hydrogen-bond donors (Lipinski definition) is 2. The lowest BCUT2D eigenvalue weighted by Crippen LogP contribution is -2.92. The first-order valence-electron chi connectivity index (χ1n) is 6.99. The summed E-state index contributed by atoms with van der Waals surface area (Å²) in [5.41, 5.74) is 0.886. The van der Waals surface area contributed by atoms with Crippen LogP contribution in [0.1, 0.15) is 12.0 Å². The SMILES string of the molecule is O=S1(=O)CC[C@H]([NH2+]C[C@H](O)COCc2ccccc2Cl)C1. The van der Waals surface area contributed by atoms with E-state index in [1.165, 1.54) is 0 Å². The number of halogens is 1. The van der Waals surface area contributed by atoms with Gasteiger partial charge in [-0.1, -0.05) is 29.8 Å². The summed E-state index contributed by atoms with van der Waals surface area (Å²) in [6.07, 6.45) is 0.0472. The molecule has 0 saturated carbocycles. The van der Waals surface area contributed by atoms with Gasteiger partial charge in [0.2, 0.25) is 0 Å². The summed E-state index contributed by atoms with van der Waals surface area (Å²) in [5, 5.41) is 12.4. The first-order valence-corrected chi connectivity index (χ1v) is 9.19. The third kappa shape index (κ3) is 5.56. The molecule has 21 heavy (non-hydrogen) atoms. The number of hydrogen-bond acceptors (Lipinski definition) is 4. The maximum absolute atomic E-state index is 11.3. The number of aliphatic hydroxyl groups is 1. The molecule has 2 atom stereocenters. The Labute approximate surface area is 130 Å². The van der Waals surface area contributed by atoms with Crippen LogP contribution < -0.4 is 5.32 Å². The molecule has 0 bridgehead atoms. The van der Waals surface area contributed by atoms with Crippen LogP contribution in [0.2, 0.25) is 5.02 Å². The second kappa shape index (κ2) is 7.56. The van der Waals surface area contributed by atoms with Gasteiger partial charge in [-0.05, 0) is 11.6 Å². The molecule has 0 amide bonds. The van der Waals surface area contributed by atoms with Crippen molar-refractivity contribution in [3.63, 3.8) is 0 Å². The summed E-state index contributed by atoms with van der Waals surface area (Å²) in [6, 6.07) is 7.48. The molecule has 0 aromatic heterocycles. The van der Waals surface area contributed by atoms with Crippen molar-refractivity contribution >= 4 is 21.4 Å². The summed E-state index contributed by atoms with van der Waals surface area (Å²) >= 11 is 6.01. The van der Waals surface area contributed by atoms with Crippen LogP contribution >= 0.6 is 11.6 Å². The number of rotatable bonds is 7. The molecule has 1 aliphatic heterocycles. The minimum Gasteiger partial charge on any atom is -0.385 e. The fourth-order valence-corrected chi connectivity index (χ4v) is 4.32. The van der Waals surface area contributed by atoms with Crippen molar-refractivity contribution in [2.75, 3.05) is 24.7 Å². The standard InChI is InChI=1S/C14H20ClNO4S/c15-14-4-2-1-3-11(14)8-20-9-13(17)7-16-12-5-6-21(18,19)10-12/h1-4,12-13,16-17H,5-10H2/p+1/t12-,13-/m0/s1. The quantitative estimate of drug-likeness (QED) is 0.733. The Hall–Kier alpha value is -0.660. The van der Waals surface area contributed by atoms with Crippen LogP contribution in [0.25, 0.3) is 0 Å². The lowest BCUT2D eigenvalue weighted by Gasteiger charge is -2.13. The number of ether oxygens (including phenoxy) is 1. The van der Waals surface area contributed by atoms with E-state index in [4.69, 9.17) is 16.3 Å². The summed E-state index contributed by atoms with van der Waals surface area (Å²) in [6.45, 7) is 1.01. The molecule has 2 rings (SSSR count). The van der Waals surface area contributed by atoms with Gasteiger partial charge in [0.1, 0.15) is 24.4 Å². The van der Waals surface area contributed by atoms with E-state index in [0.29, 0.717) is 24.6 Å². The highest BCUT2D eigenvalue weighted by molar-refractivity contribution is 7.91. The molecular weight excluding hydrogens is 314 g/mol. The molecule has 0 unspecified atom stereocenters. The van der Waals surface area contributed by atoms with Crippen molar-refractivity contribution in [1.29, 1.82) is 0 Å². The molecule has 1 fully saturated rings. The summed E-state index contributed by atoms with van der Waals surface area (Å²) in [4.78, 5) is 0. The van der Waals surface area contributed by atoms with E-state index in [-0.39, 0.29) is 24.2 Å². The Morgan fingerprint density at radius 2 is 2.19 bits per heavy atom. The summed E-state index contributed by atoms with van der Waals surface area (Å²) in [7, 11) is -2.86.